The number of hydrogen-bond donors (Lipinski definition) is 0. The van der Waals surface area contributed by atoms with Crippen molar-refractivity contribution >= 4 is 9.84 Å². The molecule has 0 aliphatic heterocycles. The predicted octanol–water partition coefficient (Wildman–Crippen LogP) is -1.92. The minimum atomic E-state index is -5.86. The molecule has 0 aromatic heterocycles. The molecular weight excluding hydrogens is 272 g/mol. The smallest absolute Gasteiger partial charge is 0.258 e. The van der Waals surface area contributed by atoms with Crippen molar-refractivity contribution in [1.29, 1.82) is 0 Å². The van der Waals surface area contributed by atoms with Gasteiger partial charge in [0.15, 0.2) is 0 Å². The summed E-state index contributed by atoms with van der Waals surface area (Å²) in [5, 5.41) is 40.3. The first-order valence-corrected chi connectivity index (χ1v) is 4.91. The summed E-state index contributed by atoms with van der Waals surface area (Å²) in [7, 11) is -5.86. The zero-order chi connectivity index (χ0) is 14.0. The van der Waals surface area contributed by atoms with Crippen LogP contribution in [0.2, 0.25) is 0 Å². The second kappa shape index (κ2) is 4.60. The van der Waals surface area contributed by atoms with Crippen LogP contribution in [0.25, 0.3) is 0 Å². The van der Waals surface area contributed by atoms with Crippen molar-refractivity contribution in [2.75, 3.05) is 0 Å². The Morgan fingerprint density at radius 2 is 0.824 bits per heavy atom. The fourth-order valence-corrected chi connectivity index (χ4v) is 1.92. The number of nitro groups is 4. The summed E-state index contributed by atoms with van der Waals surface area (Å²) < 4.78 is 22.1. The molecule has 0 aromatic rings. The zero-order valence-electron chi connectivity index (χ0n) is 7.43. The van der Waals surface area contributed by atoms with E-state index < -0.39 is 40.5 Å². The van der Waals surface area contributed by atoms with E-state index in [1.165, 1.54) is 0 Å². The topological polar surface area (TPSA) is 207 Å². The van der Waals surface area contributed by atoms with Gasteiger partial charge in [-0.3, -0.25) is 40.5 Å². The number of rotatable bonds is 6. The molecule has 0 aliphatic rings. The quantitative estimate of drug-likeness (QED) is 0.297. The first kappa shape index (κ1) is 14.6. The van der Waals surface area contributed by atoms with E-state index in [1.54, 1.807) is 0 Å². The molecule has 15 heteroatoms. The maximum atomic E-state index is 11.0. The monoisotopic (exact) mass is 274 g/mol. The van der Waals surface area contributed by atoms with E-state index in [0.29, 0.717) is 0 Å². The van der Waals surface area contributed by atoms with Crippen molar-refractivity contribution < 1.29 is 28.1 Å². The summed E-state index contributed by atoms with van der Waals surface area (Å²) in [5.74, 6) is 0. The Labute approximate surface area is 90.3 Å². The molecule has 0 aromatic carbocycles. The van der Waals surface area contributed by atoms with Gasteiger partial charge in [-0.25, -0.2) is 0 Å². The summed E-state index contributed by atoms with van der Waals surface area (Å²) >= 11 is 0. The van der Waals surface area contributed by atoms with Crippen LogP contribution >= 0.6 is 0 Å². The third-order valence-corrected chi connectivity index (χ3v) is 3.17. The Morgan fingerprint density at radius 3 is 0.941 bits per heavy atom. The Balaban J connectivity index is 5.81. The molecule has 0 heterocycles. The van der Waals surface area contributed by atoms with Gasteiger partial charge in [-0.15, -0.1) is 0 Å². The van der Waals surface area contributed by atoms with Crippen LogP contribution < -0.4 is 0 Å². The van der Waals surface area contributed by atoms with Crippen LogP contribution in [-0.4, -0.2) is 39.1 Å². The third kappa shape index (κ3) is 2.77. The maximum Gasteiger partial charge on any atom is 0.561 e. The molecular formula is C2H2N4O10S. The lowest BCUT2D eigenvalue weighted by atomic mass is 11.1. The molecule has 0 saturated heterocycles. The molecule has 17 heavy (non-hydrogen) atoms. The van der Waals surface area contributed by atoms with Gasteiger partial charge in [0.05, 0.1) is 0 Å². The van der Waals surface area contributed by atoms with Crippen LogP contribution in [0.3, 0.4) is 0 Å². The molecule has 0 fully saturated rings. The normalized spacial score (nSPS) is 11.4. The molecule has 0 unspecified atom stereocenters. The Hall–Kier alpha value is -2.45. The van der Waals surface area contributed by atoms with E-state index >= 15 is 0 Å². The zero-order valence-corrected chi connectivity index (χ0v) is 8.25. The lowest BCUT2D eigenvalue weighted by molar-refractivity contribution is -0.731. The van der Waals surface area contributed by atoms with Crippen molar-refractivity contribution in [3.63, 3.8) is 0 Å². The lowest BCUT2D eigenvalue weighted by Gasteiger charge is -2.03. The van der Waals surface area contributed by atoms with Crippen molar-refractivity contribution in [1.82, 2.24) is 0 Å². The molecule has 0 radical (unpaired) electrons. The van der Waals surface area contributed by atoms with Crippen LogP contribution in [-0.2, 0) is 9.84 Å². The molecule has 0 rings (SSSR count). The summed E-state index contributed by atoms with van der Waals surface area (Å²) in [5.41, 5.74) is -7.33. The van der Waals surface area contributed by atoms with Crippen LogP contribution in [0, 0.1) is 40.5 Å². The van der Waals surface area contributed by atoms with Gasteiger partial charge in [0.2, 0.25) is 0 Å². The maximum absolute atomic E-state index is 11.0. The number of hydrogen-bond acceptors (Lipinski definition) is 10. The Bertz CT molecular complexity index is 413. The summed E-state index contributed by atoms with van der Waals surface area (Å²) in [6.07, 6.45) is 0. The van der Waals surface area contributed by atoms with E-state index in [9.17, 15) is 48.9 Å². The average molecular weight is 274 g/mol. The van der Waals surface area contributed by atoms with Crippen LogP contribution in [0.5, 0.6) is 0 Å². The molecule has 0 amide bonds. The molecule has 0 atom stereocenters. The fraction of sp³-hybridized carbons (Fsp3) is 1.00. The van der Waals surface area contributed by atoms with E-state index in [4.69, 9.17) is 0 Å². The summed E-state index contributed by atoms with van der Waals surface area (Å²) in [6, 6.07) is 0. The standard InChI is InChI=1S/C2H2N4O10S/c7-3(8)1(4(9)10)17(15,16)2(5(11)12)6(13)14/h1-2H. The average Bonchev–Trinajstić information content (AvgIpc) is 1.96. The van der Waals surface area contributed by atoms with Crippen LogP contribution in [0.15, 0.2) is 0 Å². The SMILES string of the molecule is O=[N+]([O-])C([N+](=O)[O-])S(=O)(=O)C([N+](=O)[O-])[N+](=O)[O-]. The van der Waals surface area contributed by atoms with Gasteiger partial charge >= 0.3 is 20.8 Å². The molecule has 0 aliphatic carbocycles. The van der Waals surface area contributed by atoms with E-state index in [0.717, 1.165) is 0 Å². The molecule has 0 spiro atoms. The molecule has 0 N–H and O–H groups in total. The van der Waals surface area contributed by atoms with Gasteiger partial charge in [0, 0.05) is 0 Å². The first-order chi connectivity index (χ1) is 7.53. The highest BCUT2D eigenvalue weighted by Crippen LogP contribution is 2.12. The van der Waals surface area contributed by atoms with Crippen LogP contribution in [0.1, 0.15) is 0 Å². The fourth-order valence-electron chi connectivity index (χ4n) is 0.743. The van der Waals surface area contributed by atoms with E-state index in [-0.39, 0.29) is 0 Å². The van der Waals surface area contributed by atoms with Gasteiger partial charge in [-0.1, -0.05) is 0 Å². The molecule has 0 saturated carbocycles. The molecule has 96 valence electrons. The number of nitrogens with zero attached hydrogens (tertiary/aromatic N) is 4. The van der Waals surface area contributed by atoms with E-state index in [2.05, 4.69) is 0 Å². The number of sulfone groups is 1. The predicted molar refractivity (Wildman–Crippen MR) is 44.5 cm³/mol. The molecule has 0 bridgehead atoms. The second-order valence-corrected chi connectivity index (χ2v) is 4.40. The summed E-state index contributed by atoms with van der Waals surface area (Å²) in [4.78, 5) is 32.4. The van der Waals surface area contributed by atoms with E-state index in [1.807, 2.05) is 0 Å². The summed E-state index contributed by atoms with van der Waals surface area (Å²) in [6.45, 7) is 0. The van der Waals surface area contributed by atoms with Crippen molar-refractivity contribution in [2.24, 2.45) is 0 Å². The highest BCUT2D eigenvalue weighted by Gasteiger charge is 2.64. The lowest BCUT2D eigenvalue weighted by Crippen LogP contribution is -2.48. The van der Waals surface area contributed by atoms with Crippen molar-refractivity contribution in [3.8, 4) is 0 Å². The minimum absolute atomic E-state index is 1.98. The Morgan fingerprint density at radius 1 is 0.647 bits per heavy atom. The van der Waals surface area contributed by atoms with Crippen molar-refractivity contribution in [3.05, 3.63) is 40.5 Å². The van der Waals surface area contributed by atoms with Crippen molar-refractivity contribution in [2.45, 2.75) is 11.0 Å². The largest absolute Gasteiger partial charge is 0.561 e. The van der Waals surface area contributed by atoms with Gasteiger partial charge in [0.25, 0.3) is 0 Å². The Kier molecular flexibility index (Phi) is 3.93. The van der Waals surface area contributed by atoms with Gasteiger partial charge in [-0.2, -0.15) is 8.42 Å². The minimum Gasteiger partial charge on any atom is -0.258 e. The van der Waals surface area contributed by atoms with Gasteiger partial charge in [-0.05, 0) is 0 Å². The highest BCUT2D eigenvalue weighted by molar-refractivity contribution is 7.91. The first-order valence-electron chi connectivity index (χ1n) is 3.30. The van der Waals surface area contributed by atoms with Crippen LogP contribution in [0.4, 0.5) is 0 Å². The third-order valence-electron chi connectivity index (χ3n) is 1.31. The van der Waals surface area contributed by atoms with Gasteiger partial charge in [0.1, 0.15) is 19.7 Å². The molecule has 14 nitrogen and oxygen atoms in total. The van der Waals surface area contributed by atoms with Gasteiger partial charge < -0.3 is 0 Å². The highest BCUT2D eigenvalue weighted by atomic mass is 32.2. The second-order valence-electron chi connectivity index (χ2n) is 2.38.